The standard InChI is InChI=1S/C9H10INO2/c1-2-13-9(12)7-5-6(11)3-4-8(7)10/h3-5H,2,11H2,1H3. The third-order valence-electron chi connectivity index (χ3n) is 1.49. The Morgan fingerprint density at radius 2 is 2.31 bits per heavy atom. The first-order chi connectivity index (χ1) is 6.15. The fourth-order valence-corrected chi connectivity index (χ4v) is 1.46. The molecule has 0 aliphatic carbocycles. The molecule has 0 saturated carbocycles. The lowest BCUT2D eigenvalue weighted by molar-refractivity contribution is 0.0525. The molecule has 0 saturated heterocycles. The Hall–Kier alpha value is -0.780. The van der Waals surface area contributed by atoms with Crippen molar-refractivity contribution >= 4 is 34.2 Å². The van der Waals surface area contributed by atoms with E-state index in [1.165, 1.54) is 0 Å². The fourth-order valence-electron chi connectivity index (χ4n) is 0.908. The minimum atomic E-state index is -0.320. The predicted molar refractivity (Wildman–Crippen MR) is 59.5 cm³/mol. The molecule has 1 aromatic carbocycles. The van der Waals surface area contributed by atoms with Crippen LogP contribution in [0.25, 0.3) is 0 Å². The maximum Gasteiger partial charge on any atom is 0.339 e. The van der Waals surface area contributed by atoms with Gasteiger partial charge in [-0.1, -0.05) is 0 Å². The number of esters is 1. The molecule has 1 aromatic rings. The number of carbonyl (C=O) groups is 1. The molecule has 4 heteroatoms. The van der Waals surface area contributed by atoms with Crippen LogP contribution < -0.4 is 5.73 Å². The molecule has 70 valence electrons. The zero-order valence-electron chi connectivity index (χ0n) is 7.21. The first kappa shape index (κ1) is 10.3. The quantitative estimate of drug-likeness (QED) is 0.515. The Balaban J connectivity index is 2.99. The summed E-state index contributed by atoms with van der Waals surface area (Å²) in [7, 11) is 0. The van der Waals surface area contributed by atoms with E-state index in [1.54, 1.807) is 25.1 Å². The van der Waals surface area contributed by atoms with Crippen LogP contribution in [0.2, 0.25) is 0 Å². The van der Waals surface area contributed by atoms with Crippen LogP contribution in [-0.4, -0.2) is 12.6 Å². The van der Waals surface area contributed by atoms with Crippen LogP contribution in [0.3, 0.4) is 0 Å². The lowest BCUT2D eigenvalue weighted by Crippen LogP contribution is -2.07. The van der Waals surface area contributed by atoms with Gasteiger partial charge in [0.2, 0.25) is 0 Å². The summed E-state index contributed by atoms with van der Waals surface area (Å²) in [6, 6.07) is 5.17. The van der Waals surface area contributed by atoms with E-state index in [4.69, 9.17) is 10.5 Å². The van der Waals surface area contributed by atoms with Gasteiger partial charge in [-0.15, -0.1) is 0 Å². The molecule has 1 rings (SSSR count). The fraction of sp³-hybridized carbons (Fsp3) is 0.222. The topological polar surface area (TPSA) is 52.3 Å². The molecular formula is C9H10INO2. The van der Waals surface area contributed by atoms with Gasteiger partial charge in [-0.05, 0) is 47.7 Å². The molecule has 0 spiro atoms. The molecule has 0 amide bonds. The van der Waals surface area contributed by atoms with Gasteiger partial charge in [-0.2, -0.15) is 0 Å². The first-order valence-corrected chi connectivity index (χ1v) is 4.95. The molecule has 13 heavy (non-hydrogen) atoms. The van der Waals surface area contributed by atoms with Crippen LogP contribution in [0.4, 0.5) is 5.69 Å². The van der Waals surface area contributed by atoms with E-state index in [9.17, 15) is 4.79 Å². The van der Waals surface area contributed by atoms with Crippen LogP contribution in [-0.2, 0) is 4.74 Å². The Kier molecular flexibility index (Phi) is 3.53. The van der Waals surface area contributed by atoms with Crippen molar-refractivity contribution in [3.05, 3.63) is 27.3 Å². The van der Waals surface area contributed by atoms with E-state index in [1.807, 2.05) is 0 Å². The summed E-state index contributed by atoms with van der Waals surface area (Å²) in [6.45, 7) is 2.15. The van der Waals surface area contributed by atoms with Gasteiger partial charge >= 0.3 is 5.97 Å². The number of benzene rings is 1. The minimum absolute atomic E-state index is 0.320. The van der Waals surface area contributed by atoms with E-state index < -0.39 is 0 Å². The number of hydrogen-bond acceptors (Lipinski definition) is 3. The van der Waals surface area contributed by atoms with Crippen molar-refractivity contribution < 1.29 is 9.53 Å². The summed E-state index contributed by atoms with van der Waals surface area (Å²) < 4.78 is 5.72. The molecule has 3 nitrogen and oxygen atoms in total. The van der Waals surface area contributed by atoms with Crippen LogP contribution in [0.5, 0.6) is 0 Å². The lowest BCUT2D eigenvalue weighted by atomic mass is 10.2. The number of nitrogen functional groups attached to an aromatic ring is 1. The lowest BCUT2D eigenvalue weighted by Gasteiger charge is -2.04. The van der Waals surface area contributed by atoms with Gasteiger partial charge in [-0.3, -0.25) is 0 Å². The first-order valence-electron chi connectivity index (χ1n) is 3.87. The summed E-state index contributed by atoms with van der Waals surface area (Å²) in [6.07, 6.45) is 0. The highest BCUT2D eigenvalue weighted by atomic mass is 127. The Labute approximate surface area is 90.4 Å². The highest BCUT2D eigenvalue weighted by Gasteiger charge is 2.10. The van der Waals surface area contributed by atoms with E-state index in [-0.39, 0.29) is 5.97 Å². The summed E-state index contributed by atoms with van der Waals surface area (Å²) >= 11 is 2.08. The van der Waals surface area contributed by atoms with Crippen LogP contribution in [0, 0.1) is 3.57 Å². The van der Waals surface area contributed by atoms with Gasteiger partial charge in [0.25, 0.3) is 0 Å². The highest BCUT2D eigenvalue weighted by Crippen LogP contribution is 2.16. The number of ether oxygens (including phenoxy) is 1. The van der Waals surface area contributed by atoms with E-state index >= 15 is 0 Å². The number of hydrogen-bond donors (Lipinski definition) is 1. The van der Waals surface area contributed by atoms with Gasteiger partial charge < -0.3 is 10.5 Å². The Bertz CT molecular complexity index is 325. The largest absolute Gasteiger partial charge is 0.462 e. The average molecular weight is 291 g/mol. The zero-order valence-corrected chi connectivity index (χ0v) is 9.37. The molecule has 0 heterocycles. The minimum Gasteiger partial charge on any atom is -0.462 e. The van der Waals surface area contributed by atoms with Crippen molar-refractivity contribution in [2.75, 3.05) is 12.3 Å². The van der Waals surface area contributed by atoms with Crippen LogP contribution in [0.1, 0.15) is 17.3 Å². The van der Waals surface area contributed by atoms with E-state index in [2.05, 4.69) is 22.6 Å². The summed E-state index contributed by atoms with van der Waals surface area (Å²) in [5, 5.41) is 0. The average Bonchev–Trinajstić information content (AvgIpc) is 2.09. The molecule has 0 fully saturated rings. The molecule has 0 atom stereocenters. The van der Waals surface area contributed by atoms with E-state index in [0.29, 0.717) is 17.9 Å². The monoisotopic (exact) mass is 291 g/mol. The van der Waals surface area contributed by atoms with Crippen molar-refractivity contribution in [1.82, 2.24) is 0 Å². The van der Waals surface area contributed by atoms with Gasteiger partial charge in [-0.25, -0.2) is 4.79 Å². The zero-order chi connectivity index (χ0) is 9.84. The van der Waals surface area contributed by atoms with Crippen molar-refractivity contribution in [2.24, 2.45) is 0 Å². The third kappa shape index (κ3) is 2.58. The molecule has 0 aromatic heterocycles. The summed E-state index contributed by atoms with van der Waals surface area (Å²) in [5.74, 6) is -0.320. The van der Waals surface area contributed by atoms with Gasteiger partial charge in [0.15, 0.2) is 0 Å². The number of carbonyl (C=O) groups excluding carboxylic acids is 1. The second-order valence-corrected chi connectivity index (χ2v) is 3.62. The predicted octanol–water partition coefficient (Wildman–Crippen LogP) is 2.05. The van der Waals surface area contributed by atoms with Crippen LogP contribution >= 0.6 is 22.6 Å². The Morgan fingerprint density at radius 1 is 1.62 bits per heavy atom. The van der Waals surface area contributed by atoms with Crippen LogP contribution in [0.15, 0.2) is 18.2 Å². The number of anilines is 1. The maximum atomic E-state index is 11.3. The molecule has 0 unspecified atom stereocenters. The van der Waals surface area contributed by atoms with Crippen molar-refractivity contribution in [2.45, 2.75) is 6.92 Å². The highest BCUT2D eigenvalue weighted by molar-refractivity contribution is 14.1. The second kappa shape index (κ2) is 4.45. The molecular weight excluding hydrogens is 281 g/mol. The Morgan fingerprint density at radius 3 is 2.92 bits per heavy atom. The van der Waals surface area contributed by atoms with Gasteiger partial charge in [0, 0.05) is 9.26 Å². The van der Waals surface area contributed by atoms with Crippen molar-refractivity contribution in [3.63, 3.8) is 0 Å². The smallest absolute Gasteiger partial charge is 0.339 e. The number of rotatable bonds is 2. The third-order valence-corrected chi connectivity index (χ3v) is 2.43. The van der Waals surface area contributed by atoms with Crippen molar-refractivity contribution in [1.29, 1.82) is 0 Å². The summed E-state index contributed by atoms with van der Waals surface area (Å²) in [5.41, 5.74) is 6.65. The van der Waals surface area contributed by atoms with Crippen molar-refractivity contribution in [3.8, 4) is 0 Å². The van der Waals surface area contributed by atoms with E-state index in [0.717, 1.165) is 3.57 Å². The molecule has 0 aliphatic rings. The number of halogens is 1. The maximum absolute atomic E-state index is 11.3. The second-order valence-electron chi connectivity index (χ2n) is 2.46. The summed E-state index contributed by atoms with van der Waals surface area (Å²) in [4.78, 5) is 11.3. The van der Waals surface area contributed by atoms with Gasteiger partial charge in [0.1, 0.15) is 0 Å². The van der Waals surface area contributed by atoms with Gasteiger partial charge in [0.05, 0.1) is 12.2 Å². The molecule has 0 radical (unpaired) electrons. The normalized spacial score (nSPS) is 9.69. The number of nitrogens with two attached hydrogens (primary N) is 1. The molecule has 0 bridgehead atoms. The molecule has 0 aliphatic heterocycles. The SMILES string of the molecule is CCOC(=O)c1cc(N)ccc1I. The molecule has 2 N–H and O–H groups in total.